The van der Waals surface area contributed by atoms with E-state index in [1.54, 1.807) is 62.1 Å². The molecule has 0 spiro atoms. The first-order valence-corrected chi connectivity index (χ1v) is 11.7. The SMILES string of the molecule is C=CCOC1=CC(/C(=C\C(=O)Oc2ccccc2)Nc2nccc(-c3cccnc3)n2)=CCC1(C)OC. The van der Waals surface area contributed by atoms with E-state index in [-0.39, 0.29) is 0 Å². The first kappa shape index (κ1) is 25.5. The van der Waals surface area contributed by atoms with E-state index in [1.807, 2.05) is 37.3 Å². The molecule has 8 nitrogen and oxygen atoms in total. The Labute approximate surface area is 216 Å². The molecule has 0 amide bonds. The fraction of sp³-hybridized carbons (Fsp3) is 0.172. The van der Waals surface area contributed by atoms with Crippen molar-refractivity contribution in [2.24, 2.45) is 0 Å². The number of benzene rings is 1. The molecule has 3 aromatic rings. The molecule has 0 fully saturated rings. The molecule has 1 aliphatic rings. The number of pyridine rings is 1. The highest BCUT2D eigenvalue weighted by molar-refractivity contribution is 5.86. The van der Waals surface area contributed by atoms with Crippen LogP contribution in [0.1, 0.15) is 13.3 Å². The number of para-hydroxylation sites is 1. The number of aromatic nitrogens is 3. The molecular formula is C29H28N4O4. The second-order valence-corrected chi connectivity index (χ2v) is 8.33. The van der Waals surface area contributed by atoms with Gasteiger partial charge < -0.3 is 19.5 Å². The van der Waals surface area contributed by atoms with Gasteiger partial charge in [-0.1, -0.05) is 36.9 Å². The lowest BCUT2D eigenvalue weighted by Crippen LogP contribution is -2.33. The number of methoxy groups -OCH3 is 1. The molecule has 0 saturated carbocycles. The van der Waals surface area contributed by atoms with Gasteiger partial charge in [0.05, 0.1) is 11.4 Å². The van der Waals surface area contributed by atoms with E-state index in [1.165, 1.54) is 6.08 Å². The Morgan fingerprint density at radius 3 is 2.73 bits per heavy atom. The van der Waals surface area contributed by atoms with Crippen LogP contribution in [0.2, 0.25) is 0 Å². The molecule has 1 unspecified atom stereocenters. The van der Waals surface area contributed by atoms with Gasteiger partial charge in [-0.3, -0.25) is 4.98 Å². The van der Waals surface area contributed by atoms with Crippen LogP contribution in [0.3, 0.4) is 0 Å². The summed E-state index contributed by atoms with van der Waals surface area (Å²) in [5.74, 6) is 0.803. The largest absolute Gasteiger partial charge is 0.491 e. The minimum Gasteiger partial charge on any atom is -0.491 e. The van der Waals surface area contributed by atoms with Crippen LogP contribution in [0.25, 0.3) is 11.3 Å². The second-order valence-electron chi connectivity index (χ2n) is 8.33. The van der Waals surface area contributed by atoms with Crippen molar-refractivity contribution < 1.29 is 19.0 Å². The Bertz CT molecular complexity index is 1340. The highest BCUT2D eigenvalue weighted by atomic mass is 16.5. The van der Waals surface area contributed by atoms with Crippen LogP contribution in [-0.4, -0.2) is 40.2 Å². The maximum Gasteiger partial charge on any atom is 0.338 e. The summed E-state index contributed by atoms with van der Waals surface area (Å²) in [6.45, 7) is 5.98. The molecule has 1 N–H and O–H groups in total. The summed E-state index contributed by atoms with van der Waals surface area (Å²) in [5.41, 5.74) is 2.02. The quantitative estimate of drug-likeness (QED) is 0.176. The van der Waals surface area contributed by atoms with Gasteiger partial charge >= 0.3 is 5.97 Å². The number of allylic oxidation sites excluding steroid dienone is 1. The zero-order valence-electron chi connectivity index (χ0n) is 20.8. The van der Waals surface area contributed by atoms with E-state index < -0.39 is 11.6 Å². The predicted octanol–water partition coefficient (Wildman–Crippen LogP) is 5.26. The second kappa shape index (κ2) is 11.9. The molecule has 1 atom stereocenters. The van der Waals surface area contributed by atoms with E-state index in [2.05, 4.69) is 26.8 Å². The topological polar surface area (TPSA) is 95.5 Å². The average Bonchev–Trinajstić information content (AvgIpc) is 2.93. The summed E-state index contributed by atoms with van der Waals surface area (Å²) < 4.78 is 17.1. The monoisotopic (exact) mass is 496 g/mol. The van der Waals surface area contributed by atoms with Crippen molar-refractivity contribution in [2.75, 3.05) is 19.0 Å². The maximum atomic E-state index is 12.9. The number of rotatable bonds is 10. The lowest BCUT2D eigenvalue weighted by molar-refractivity contribution is -0.129. The molecule has 1 aliphatic carbocycles. The first-order chi connectivity index (χ1) is 18.0. The summed E-state index contributed by atoms with van der Waals surface area (Å²) in [6, 6.07) is 14.4. The highest BCUT2D eigenvalue weighted by Gasteiger charge is 2.33. The van der Waals surface area contributed by atoms with Gasteiger partial charge in [-0.05, 0) is 48.9 Å². The minimum atomic E-state index is -0.654. The van der Waals surface area contributed by atoms with Gasteiger partial charge in [0, 0.05) is 43.8 Å². The predicted molar refractivity (Wildman–Crippen MR) is 141 cm³/mol. The number of ether oxygens (including phenoxy) is 3. The fourth-order valence-corrected chi connectivity index (χ4v) is 3.63. The molecule has 37 heavy (non-hydrogen) atoms. The number of hydrogen-bond acceptors (Lipinski definition) is 8. The van der Waals surface area contributed by atoms with Crippen LogP contribution in [0.15, 0.2) is 115 Å². The van der Waals surface area contributed by atoms with E-state index in [0.717, 1.165) is 5.56 Å². The summed E-state index contributed by atoms with van der Waals surface area (Å²) in [6.07, 6.45) is 12.4. The van der Waals surface area contributed by atoms with Gasteiger partial charge in [-0.15, -0.1) is 0 Å². The summed E-state index contributed by atoms with van der Waals surface area (Å²) in [4.78, 5) is 26.0. The van der Waals surface area contributed by atoms with Crippen molar-refractivity contribution in [3.63, 3.8) is 0 Å². The average molecular weight is 497 g/mol. The smallest absolute Gasteiger partial charge is 0.338 e. The molecule has 2 heterocycles. The number of carbonyl (C=O) groups excluding carboxylic acids is 1. The van der Waals surface area contributed by atoms with Gasteiger partial charge in [-0.25, -0.2) is 14.8 Å². The van der Waals surface area contributed by atoms with Crippen LogP contribution in [0.5, 0.6) is 5.75 Å². The van der Waals surface area contributed by atoms with Crippen LogP contribution >= 0.6 is 0 Å². The summed E-state index contributed by atoms with van der Waals surface area (Å²) in [7, 11) is 1.63. The Morgan fingerprint density at radius 2 is 2.00 bits per heavy atom. The van der Waals surface area contributed by atoms with Crippen molar-refractivity contribution in [3.05, 3.63) is 115 Å². The molecule has 8 heteroatoms. The van der Waals surface area contributed by atoms with E-state index >= 15 is 0 Å². The van der Waals surface area contributed by atoms with Crippen molar-refractivity contribution in [2.45, 2.75) is 18.9 Å². The molecule has 0 bridgehead atoms. The standard InChI is InChI=1S/C29H28N4O4/c1-4-17-36-26-18-21(12-14-29(26,2)35-3)25(19-27(34)37-23-10-6-5-7-11-23)33-28-31-16-13-24(32-28)22-9-8-15-30-20-22/h4-13,15-16,18-20H,1,14,17H2,2-3H3,(H,31,32,33)/b25-19+. The first-order valence-electron chi connectivity index (χ1n) is 11.7. The van der Waals surface area contributed by atoms with Crippen LogP contribution in [0.4, 0.5) is 5.95 Å². The van der Waals surface area contributed by atoms with Gasteiger partial charge in [-0.2, -0.15) is 0 Å². The Balaban J connectivity index is 1.68. The fourth-order valence-electron chi connectivity index (χ4n) is 3.63. The van der Waals surface area contributed by atoms with Crippen molar-refractivity contribution in [1.29, 1.82) is 0 Å². The van der Waals surface area contributed by atoms with Gasteiger partial charge in [0.1, 0.15) is 23.7 Å². The molecule has 1 aromatic carbocycles. The highest BCUT2D eigenvalue weighted by Crippen LogP contribution is 2.34. The van der Waals surface area contributed by atoms with Crippen LogP contribution < -0.4 is 10.1 Å². The molecule has 0 saturated heterocycles. The lowest BCUT2D eigenvalue weighted by Gasteiger charge is -2.33. The van der Waals surface area contributed by atoms with Gasteiger partial charge in [0.25, 0.3) is 0 Å². The molecular weight excluding hydrogens is 468 g/mol. The number of nitrogens with one attached hydrogen (secondary N) is 1. The Kier molecular flexibility index (Phi) is 8.22. The third-order valence-corrected chi connectivity index (χ3v) is 5.72. The molecule has 2 aromatic heterocycles. The third-order valence-electron chi connectivity index (χ3n) is 5.72. The summed E-state index contributed by atoms with van der Waals surface area (Å²) in [5, 5.41) is 3.19. The van der Waals surface area contributed by atoms with E-state index in [0.29, 0.717) is 47.4 Å². The zero-order valence-corrected chi connectivity index (χ0v) is 20.8. The van der Waals surface area contributed by atoms with Crippen LogP contribution in [0, 0.1) is 0 Å². The molecule has 4 rings (SSSR count). The number of hydrogen-bond donors (Lipinski definition) is 1. The van der Waals surface area contributed by atoms with E-state index in [9.17, 15) is 4.79 Å². The van der Waals surface area contributed by atoms with Gasteiger partial charge in [0.15, 0.2) is 0 Å². The van der Waals surface area contributed by atoms with Crippen molar-refractivity contribution in [3.8, 4) is 17.0 Å². The molecule has 0 radical (unpaired) electrons. The summed E-state index contributed by atoms with van der Waals surface area (Å²) >= 11 is 0. The Morgan fingerprint density at radius 1 is 1.16 bits per heavy atom. The molecule has 188 valence electrons. The van der Waals surface area contributed by atoms with E-state index in [4.69, 9.17) is 14.2 Å². The van der Waals surface area contributed by atoms with Crippen molar-refractivity contribution >= 4 is 11.9 Å². The number of esters is 1. The molecule has 0 aliphatic heterocycles. The van der Waals surface area contributed by atoms with Crippen LogP contribution in [-0.2, 0) is 14.3 Å². The minimum absolute atomic E-state index is 0.308. The maximum absolute atomic E-state index is 12.9. The van der Waals surface area contributed by atoms with Gasteiger partial charge in [0.2, 0.25) is 5.95 Å². The lowest BCUT2D eigenvalue weighted by atomic mass is 9.90. The normalized spacial score (nSPS) is 17.3. The third kappa shape index (κ3) is 6.56. The zero-order chi connectivity index (χ0) is 26.1. The number of anilines is 1. The Hall–Kier alpha value is -4.56. The number of carbonyl (C=O) groups is 1. The van der Waals surface area contributed by atoms with Crippen molar-refractivity contribution in [1.82, 2.24) is 15.0 Å². The number of nitrogens with zero attached hydrogens (tertiary/aromatic N) is 3.